The van der Waals surface area contributed by atoms with Gasteiger partial charge < -0.3 is 24.8 Å². The Kier molecular flexibility index (Phi) is 9.77. The molecule has 0 saturated heterocycles. The minimum atomic E-state index is -0.0138. The Morgan fingerprint density at radius 2 is 1.74 bits per heavy atom. The molecule has 6 nitrogen and oxygen atoms in total. The lowest BCUT2D eigenvalue weighted by molar-refractivity contribution is 0.223. The second-order valence-electron chi connectivity index (χ2n) is 5.84. The van der Waals surface area contributed by atoms with Crippen LogP contribution < -0.4 is 24.8 Å². The summed E-state index contributed by atoms with van der Waals surface area (Å²) >= 11 is 0. The molecule has 2 N–H and O–H groups in total. The number of guanidine groups is 1. The van der Waals surface area contributed by atoms with Crippen LogP contribution in [-0.2, 0) is 0 Å². The molecule has 148 valence electrons. The number of rotatable bonds is 7. The topological polar surface area (TPSA) is 64.1 Å². The van der Waals surface area contributed by atoms with E-state index in [-0.39, 0.29) is 30.1 Å². The first-order valence-electron chi connectivity index (χ1n) is 8.49. The molecule has 0 saturated carbocycles. The number of hydrogen-bond donors (Lipinski definition) is 2. The normalized spacial score (nSPS) is 11.8. The standard InChI is InChI=1S/C20H27N3O3.HI/c1-14-8-6-7-9-17(14)26-15(2)13-22-20(21-3)23-16-10-11-18(24-4)19(12-16)25-5;/h6-12,15H,13H2,1-5H3,(H2,21,22,23);1H. The van der Waals surface area contributed by atoms with Crippen molar-refractivity contribution in [3.63, 3.8) is 0 Å². The highest BCUT2D eigenvalue weighted by Gasteiger charge is 2.09. The van der Waals surface area contributed by atoms with Crippen LogP contribution in [0.4, 0.5) is 5.69 Å². The fraction of sp³-hybridized carbons (Fsp3) is 0.350. The van der Waals surface area contributed by atoms with Gasteiger partial charge in [0.1, 0.15) is 11.9 Å². The number of halogens is 1. The van der Waals surface area contributed by atoms with E-state index in [0.717, 1.165) is 17.0 Å². The molecule has 0 bridgehead atoms. The molecule has 2 rings (SSSR count). The highest BCUT2D eigenvalue weighted by molar-refractivity contribution is 14.0. The van der Waals surface area contributed by atoms with Gasteiger partial charge in [-0.3, -0.25) is 4.99 Å². The van der Waals surface area contributed by atoms with E-state index in [2.05, 4.69) is 15.6 Å². The first kappa shape index (κ1) is 22.9. The summed E-state index contributed by atoms with van der Waals surface area (Å²) in [7, 11) is 4.95. The average molecular weight is 485 g/mol. The number of nitrogens with zero attached hydrogens (tertiary/aromatic N) is 1. The zero-order valence-corrected chi connectivity index (χ0v) is 18.7. The number of anilines is 1. The number of ether oxygens (including phenoxy) is 3. The Morgan fingerprint density at radius 1 is 1.04 bits per heavy atom. The van der Waals surface area contributed by atoms with Crippen molar-refractivity contribution in [2.24, 2.45) is 4.99 Å². The van der Waals surface area contributed by atoms with Crippen LogP contribution in [0.25, 0.3) is 0 Å². The lowest BCUT2D eigenvalue weighted by atomic mass is 10.2. The number of aliphatic imine (C=N–C) groups is 1. The van der Waals surface area contributed by atoms with Crippen molar-refractivity contribution >= 4 is 35.6 Å². The van der Waals surface area contributed by atoms with E-state index in [1.807, 2.05) is 56.3 Å². The van der Waals surface area contributed by atoms with E-state index >= 15 is 0 Å². The van der Waals surface area contributed by atoms with E-state index < -0.39 is 0 Å². The third-order valence-corrected chi connectivity index (χ3v) is 3.85. The predicted octanol–water partition coefficient (Wildman–Crippen LogP) is 4.09. The zero-order chi connectivity index (χ0) is 18.9. The maximum Gasteiger partial charge on any atom is 0.195 e. The summed E-state index contributed by atoms with van der Waals surface area (Å²) in [5.74, 6) is 2.88. The third kappa shape index (κ3) is 6.82. The van der Waals surface area contributed by atoms with Gasteiger partial charge in [0.2, 0.25) is 0 Å². The number of hydrogen-bond acceptors (Lipinski definition) is 4. The molecule has 1 unspecified atom stereocenters. The fourth-order valence-electron chi connectivity index (χ4n) is 2.42. The minimum absolute atomic E-state index is 0. The molecule has 2 aromatic rings. The SMILES string of the molecule is CN=C(NCC(C)Oc1ccccc1C)Nc1ccc(OC)c(OC)c1.I. The largest absolute Gasteiger partial charge is 0.493 e. The highest BCUT2D eigenvalue weighted by Crippen LogP contribution is 2.29. The van der Waals surface area contributed by atoms with Crippen LogP contribution >= 0.6 is 24.0 Å². The smallest absolute Gasteiger partial charge is 0.195 e. The van der Waals surface area contributed by atoms with E-state index in [4.69, 9.17) is 14.2 Å². The molecule has 0 fully saturated rings. The second kappa shape index (κ2) is 11.5. The first-order valence-corrected chi connectivity index (χ1v) is 8.49. The van der Waals surface area contributed by atoms with Gasteiger partial charge in [0.15, 0.2) is 17.5 Å². The van der Waals surface area contributed by atoms with E-state index in [9.17, 15) is 0 Å². The number of nitrogens with one attached hydrogen (secondary N) is 2. The third-order valence-electron chi connectivity index (χ3n) is 3.85. The molecule has 0 radical (unpaired) electrons. The van der Waals surface area contributed by atoms with Gasteiger partial charge in [-0.1, -0.05) is 18.2 Å². The Labute approximate surface area is 178 Å². The van der Waals surface area contributed by atoms with Crippen LogP contribution in [0, 0.1) is 6.92 Å². The molecule has 0 heterocycles. The Balaban J connectivity index is 0.00000364. The average Bonchev–Trinajstić information content (AvgIpc) is 2.66. The zero-order valence-electron chi connectivity index (χ0n) is 16.4. The monoisotopic (exact) mass is 485 g/mol. The molecule has 0 aliphatic heterocycles. The van der Waals surface area contributed by atoms with E-state index in [1.54, 1.807) is 21.3 Å². The summed E-state index contributed by atoms with van der Waals surface area (Å²) in [6, 6.07) is 13.6. The Morgan fingerprint density at radius 3 is 2.37 bits per heavy atom. The molecule has 0 amide bonds. The van der Waals surface area contributed by atoms with E-state index in [1.165, 1.54) is 0 Å². The summed E-state index contributed by atoms with van der Waals surface area (Å²) in [5, 5.41) is 6.50. The molecule has 27 heavy (non-hydrogen) atoms. The Bertz CT molecular complexity index is 753. The molecule has 0 aromatic heterocycles. The number of benzene rings is 2. The second-order valence-corrected chi connectivity index (χ2v) is 5.84. The number of aryl methyl sites for hydroxylation is 1. The van der Waals surface area contributed by atoms with Crippen LogP contribution in [0.5, 0.6) is 17.2 Å². The molecular formula is C20H28IN3O3. The van der Waals surface area contributed by atoms with Gasteiger partial charge in [0.05, 0.1) is 20.8 Å². The van der Waals surface area contributed by atoms with Crippen LogP contribution in [0.1, 0.15) is 12.5 Å². The van der Waals surface area contributed by atoms with Crippen LogP contribution in [0.3, 0.4) is 0 Å². The van der Waals surface area contributed by atoms with Crippen molar-refractivity contribution in [1.82, 2.24) is 5.32 Å². The van der Waals surface area contributed by atoms with Gasteiger partial charge in [0.25, 0.3) is 0 Å². The summed E-state index contributed by atoms with van der Waals surface area (Å²) in [4.78, 5) is 4.24. The maximum atomic E-state index is 5.98. The van der Waals surface area contributed by atoms with Crippen molar-refractivity contribution in [3.8, 4) is 17.2 Å². The van der Waals surface area contributed by atoms with E-state index in [0.29, 0.717) is 24.0 Å². The van der Waals surface area contributed by atoms with Crippen molar-refractivity contribution in [3.05, 3.63) is 48.0 Å². The van der Waals surface area contributed by atoms with Crippen LogP contribution in [-0.4, -0.2) is 39.9 Å². The number of para-hydroxylation sites is 1. The fourth-order valence-corrected chi connectivity index (χ4v) is 2.42. The van der Waals surface area contributed by atoms with Gasteiger partial charge >= 0.3 is 0 Å². The molecular weight excluding hydrogens is 457 g/mol. The summed E-state index contributed by atoms with van der Waals surface area (Å²) < 4.78 is 16.6. The maximum absolute atomic E-state index is 5.98. The first-order chi connectivity index (χ1) is 12.6. The molecule has 0 spiro atoms. The van der Waals surface area contributed by atoms with Crippen molar-refractivity contribution < 1.29 is 14.2 Å². The van der Waals surface area contributed by atoms with Gasteiger partial charge in [-0.25, -0.2) is 0 Å². The lowest BCUT2D eigenvalue weighted by Crippen LogP contribution is -2.37. The van der Waals surface area contributed by atoms with Gasteiger partial charge in [-0.15, -0.1) is 24.0 Å². The molecule has 1 atom stereocenters. The summed E-state index contributed by atoms with van der Waals surface area (Å²) in [6.07, 6.45) is -0.0138. The van der Waals surface area contributed by atoms with Gasteiger partial charge in [-0.05, 0) is 37.6 Å². The summed E-state index contributed by atoms with van der Waals surface area (Å²) in [6.45, 7) is 4.66. The molecule has 7 heteroatoms. The van der Waals surface area contributed by atoms with Crippen molar-refractivity contribution in [2.45, 2.75) is 20.0 Å². The molecule has 2 aromatic carbocycles. The predicted molar refractivity (Wildman–Crippen MR) is 121 cm³/mol. The van der Waals surface area contributed by atoms with Crippen molar-refractivity contribution in [1.29, 1.82) is 0 Å². The van der Waals surface area contributed by atoms with Crippen LogP contribution in [0.15, 0.2) is 47.5 Å². The lowest BCUT2D eigenvalue weighted by Gasteiger charge is -2.19. The minimum Gasteiger partial charge on any atom is -0.493 e. The number of methoxy groups -OCH3 is 2. The summed E-state index contributed by atoms with van der Waals surface area (Å²) in [5.41, 5.74) is 1.97. The molecule has 0 aliphatic rings. The molecule has 0 aliphatic carbocycles. The van der Waals surface area contributed by atoms with Gasteiger partial charge in [0, 0.05) is 18.8 Å². The highest BCUT2D eigenvalue weighted by atomic mass is 127. The van der Waals surface area contributed by atoms with Gasteiger partial charge in [-0.2, -0.15) is 0 Å². The van der Waals surface area contributed by atoms with Crippen LogP contribution in [0.2, 0.25) is 0 Å². The quantitative estimate of drug-likeness (QED) is 0.352. The Hall–Kier alpha value is -2.16. The van der Waals surface area contributed by atoms with Crippen molar-refractivity contribution in [2.75, 3.05) is 33.1 Å².